The standard InChI is InChI=1S/C32H37N7O6/c1-22-4-2-6-25(18-22)34-31(43)36-27-19-23(30(42)35-26(20-29(40)41)24-5-3-9-33-21-24)7-8-28(27)37-10-12-38(13-11-37)32(44)39-14-16-45-17-15-39/h2-9,18-19,21,26H,10-17,20H2,1H3,(H,35,42)(H,40,41)(H2,34,36,43). The summed E-state index contributed by atoms with van der Waals surface area (Å²) in [7, 11) is 0. The average Bonchev–Trinajstić information content (AvgIpc) is 3.05. The molecule has 2 aromatic carbocycles. The molecule has 2 aliphatic rings. The lowest BCUT2D eigenvalue weighted by atomic mass is 10.0. The number of rotatable bonds is 8. The molecule has 1 atom stereocenters. The number of carboxylic acid groups (broad SMARTS) is 1. The summed E-state index contributed by atoms with van der Waals surface area (Å²) in [5.74, 6) is -1.57. The summed E-state index contributed by atoms with van der Waals surface area (Å²) in [6.45, 7) is 6.17. The Morgan fingerprint density at radius 2 is 1.67 bits per heavy atom. The van der Waals surface area contributed by atoms with E-state index < -0.39 is 23.9 Å². The Hall–Kier alpha value is -5.17. The minimum Gasteiger partial charge on any atom is -0.481 e. The number of urea groups is 2. The molecule has 13 nitrogen and oxygen atoms in total. The fourth-order valence-electron chi connectivity index (χ4n) is 5.40. The number of amides is 5. The number of anilines is 3. The van der Waals surface area contributed by atoms with E-state index in [1.807, 2.05) is 30.0 Å². The van der Waals surface area contributed by atoms with E-state index >= 15 is 0 Å². The number of benzene rings is 2. The van der Waals surface area contributed by atoms with Gasteiger partial charge in [0.1, 0.15) is 0 Å². The number of carbonyl (C=O) groups is 4. The van der Waals surface area contributed by atoms with E-state index in [0.29, 0.717) is 75.1 Å². The number of carbonyl (C=O) groups excluding carboxylic acids is 3. The highest BCUT2D eigenvalue weighted by Gasteiger charge is 2.28. The summed E-state index contributed by atoms with van der Waals surface area (Å²) < 4.78 is 5.37. The number of hydrogen-bond donors (Lipinski definition) is 4. The number of hydrogen-bond acceptors (Lipinski definition) is 7. The molecular formula is C32H37N7O6. The van der Waals surface area contributed by atoms with Crippen LogP contribution in [-0.4, -0.2) is 96.3 Å². The van der Waals surface area contributed by atoms with Crippen LogP contribution < -0.4 is 20.9 Å². The van der Waals surface area contributed by atoms with Crippen molar-refractivity contribution in [2.45, 2.75) is 19.4 Å². The first-order valence-electron chi connectivity index (χ1n) is 14.8. The van der Waals surface area contributed by atoms with E-state index in [1.165, 1.54) is 6.20 Å². The van der Waals surface area contributed by atoms with Gasteiger partial charge in [0, 0.05) is 62.9 Å². The van der Waals surface area contributed by atoms with Crippen molar-refractivity contribution in [1.29, 1.82) is 0 Å². The monoisotopic (exact) mass is 615 g/mol. The number of pyridine rings is 1. The molecule has 13 heteroatoms. The quantitative estimate of drug-likeness (QED) is 0.300. The molecule has 1 unspecified atom stereocenters. The third-order valence-electron chi connectivity index (χ3n) is 7.73. The Bertz CT molecular complexity index is 1520. The molecular weight excluding hydrogens is 578 g/mol. The van der Waals surface area contributed by atoms with E-state index in [4.69, 9.17) is 4.74 Å². The Balaban J connectivity index is 1.35. The van der Waals surface area contributed by atoms with Crippen molar-refractivity contribution in [3.8, 4) is 0 Å². The van der Waals surface area contributed by atoms with Crippen molar-refractivity contribution in [2.75, 3.05) is 68.0 Å². The van der Waals surface area contributed by atoms with Gasteiger partial charge in [-0.05, 0) is 54.4 Å². The molecule has 0 radical (unpaired) electrons. The lowest BCUT2D eigenvalue weighted by Gasteiger charge is -2.39. The SMILES string of the molecule is Cc1cccc(NC(=O)Nc2cc(C(=O)NC(CC(=O)O)c3cccnc3)ccc2N2CCN(C(=O)N3CCOCC3)CC2)c1. The third-order valence-corrected chi connectivity index (χ3v) is 7.73. The van der Waals surface area contributed by atoms with E-state index in [-0.39, 0.29) is 18.0 Å². The van der Waals surface area contributed by atoms with Gasteiger partial charge in [-0.15, -0.1) is 0 Å². The minimum absolute atomic E-state index is 0.00891. The molecule has 2 saturated heterocycles. The number of morpholine rings is 1. The number of nitrogens with one attached hydrogen (secondary N) is 3. The van der Waals surface area contributed by atoms with Crippen LogP contribution in [0.5, 0.6) is 0 Å². The van der Waals surface area contributed by atoms with Crippen LogP contribution in [0.3, 0.4) is 0 Å². The van der Waals surface area contributed by atoms with Crippen LogP contribution in [0.1, 0.15) is 33.9 Å². The average molecular weight is 616 g/mol. The van der Waals surface area contributed by atoms with Crippen molar-refractivity contribution >= 4 is 41.0 Å². The normalized spacial score (nSPS) is 15.6. The van der Waals surface area contributed by atoms with Gasteiger partial charge < -0.3 is 40.5 Å². The first kappa shape index (κ1) is 31.3. The highest BCUT2D eigenvalue weighted by atomic mass is 16.5. The van der Waals surface area contributed by atoms with E-state index in [0.717, 1.165) is 5.56 Å². The van der Waals surface area contributed by atoms with Gasteiger partial charge in [0.15, 0.2) is 0 Å². The van der Waals surface area contributed by atoms with Crippen molar-refractivity contribution in [2.24, 2.45) is 0 Å². The predicted octanol–water partition coefficient (Wildman–Crippen LogP) is 3.55. The van der Waals surface area contributed by atoms with Crippen molar-refractivity contribution in [3.63, 3.8) is 0 Å². The number of aryl methyl sites for hydroxylation is 1. The molecule has 1 aromatic heterocycles. The van der Waals surface area contributed by atoms with E-state index in [1.54, 1.807) is 47.5 Å². The number of aromatic nitrogens is 1. The molecule has 4 N–H and O–H groups in total. The van der Waals surface area contributed by atoms with Crippen LogP contribution in [0.15, 0.2) is 67.0 Å². The van der Waals surface area contributed by atoms with Crippen LogP contribution >= 0.6 is 0 Å². The highest BCUT2D eigenvalue weighted by molar-refractivity contribution is 6.04. The van der Waals surface area contributed by atoms with E-state index in [9.17, 15) is 24.3 Å². The fraction of sp³-hybridized carbons (Fsp3) is 0.344. The predicted molar refractivity (Wildman–Crippen MR) is 169 cm³/mol. The Kier molecular flexibility index (Phi) is 10.1. The zero-order valence-corrected chi connectivity index (χ0v) is 25.1. The smallest absolute Gasteiger partial charge is 0.323 e. The minimum atomic E-state index is -1.07. The molecule has 3 heterocycles. The molecule has 236 valence electrons. The number of ether oxygens (including phenoxy) is 1. The molecule has 5 rings (SSSR count). The first-order chi connectivity index (χ1) is 21.8. The summed E-state index contributed by atoms with van der Waals surface area (Å²) in [6.07, 6.45) is 2.76. The molecule has 2 fully saturated rings. The van der Waals surface area contributed by atoms with Crippen molar-refractivity contribution in [1.82, 2.24) is 20.1 Å². The Labute approximate surface area is 261 Å². The summed E-state index contributed by atoms with van der Waals surface area (Å²) in [5.41, 5.74) is 3.50. The molecule has 5 amide bonds. The summed E-state index contributed by atoms with van der Waals surface area (Å²) in [4.78, 5) is 60.8. The van der Waals surface area contributed by atoms with Gasteiger partial charge in [-0.25, -0.2) is 9.59 Å². The van der Waals surface area contributed by atoms with Gasteiger partial charge in [0.25, 0.3) is 5.91 Å². The lowest BCUT2D eigenvalue weighted by Crippen LogP contribution is -2.55. The van der Waals surface area contributed by atoms with Crippen LogP contribution in [0.2, 0.25) is 0 Å². The largest absolute Gasteiger partial charge is 0.481 e. The number of carboxylic acids is 1. The van der Waals surface area contributed by atoms with Crippen LogP contribution in [0.4, 0.5) is 26.7 Å². The topological polar surface area (TPSA) is 156 Å². The Morgan fingerprint density at radius 1 is 0.911 bits per heavy atom. The second kappa shape index (κ2) is 14.5. The first-order valence-corrected chi connectivity index (χ1v) is 14.8. The third kappa shape index (κ3) is 8.26. The molecule has 0 bridgehead atoms. The molecule has 45 heavy (non-hydrogen) atoms. The summed E-state index contributed by atoms with van der Waals surface area (Å²) in [5, 5.41) is 18.0. The highest BCUT2D eigenvalue weighted by Crippen LogP contribution is 2.30. The maximum absolute atomic E-state index is 13.4. The molecule has 2 aliphatic heterocycles. The van der Waals surface area contributed by atoms with Crippen LogP contribution in [-0.2, 0) is 9.53 Å². The summed E-state index contributed by atoms with van der Waals surface area (Å²) in [6, 6.07) is 14.4. The van der Waals surface area contributed by atoms with Crippen molar-refractivity contribution < 1.29 is 29.0 Å². The maximum Gasteiger partial charge on any atom is 0.323 e. The summed E-state index contributed by atoms with van der Waals surface area (Å²) >= 11 is 0. The zero-order chi connectivity index (χ0) is 31.8. The van der Waals surface area contributed by atoms with Gasteiger partial charge in [-0.2, -0.15) is 0 Å². The van der Waals surface area contributed by atoms with E-state index in [2.05, 4.69) is 25.8 Å². The van der Waals surface area contributed by atoms with Gasteiger partial charge >= 0.3 is 18.0 Å². The number of nitrogens with zero attached hydrogens (tertiary/aromatic N) is 4. The Morgan fingerprint density at radius 3 is 2.36 bits per heavy atom. The second-order valence-electron chi connectivity index (χ2n) is 10.9. The van der Waals surface area contributed by atoms with Gasteiger partial charge in [0.2, 0.25) is 0 Å². The lowest BCUT2D eigenvalue weighted by molar-refractivity contribution is -0.137. The maximum atomic E-state index is 13.4. The number of piperazine rings is 1. The van der Waals surface area contributed by atoms with Crippen LogP contribution in [0.25, 0.3) is 0 Å². The van der Waals surface area contributed by atoms with Crippen molar-refractivity contribution in [3.05, 3.63) is 83.7 Å². The van der Waals surface area contributed by atoms with Gasteiger partial charge in [0.05, 0.1) is 37.1 Å². The molecule has 0 saturated carbocycles. The number of aliphatic carboxylic acids is 1. The van der Waals surface area contributed by atoms with Gasteiger partial charge in [-0.3, -0.25) is 14.6 Å². The molecule has 3 aromatic rings. The molecule has 0 spiro atoms. The zero-order valence-electron chi connectivity index (χ0n) is 25.1. The second-order valence-corrected chi connectivity index (χ2v) is 10.9. The van der Waals surface area contributed by atoms with Gasteiger partial charge in [-0.1, -0.05) is 18.2 Å². The molecule has 0 aliphatic carbocycles. The van der Waals surface area contributed by atoms with Crippen LogP contribution in [0, 0.1) is 6.92 Å². The fourth-order valence-corrected chi connectivity index (χ4v) is 5.40.